The van der Waals surface area contributed by atoms with Crippen LogP contribution in [0.2, 0.25) is 0 Å². The predicted molar refractivity (Wildman–Crippen MR) is 18.0 cm³/mol. The summed E-state index contributed by atoms with van der Waals surface area (Å²) in [7, 11) is 0. The minimum atomic E-state index is -1.26. The Labute approximate surface area is 33.7 Å². The lowest BCUT2D eigenvalue weighted by Crippen LogP contribution is -2.61. The van der Waals surface area contributed by atoms with Gasteiger partial charge < -0.3 is 10.3 Å². The fourth-order valence-corrected chi connectivity index (χ4v) is 0.0504. The Morgan fingerprint density at radius 2 is 2.50 bits per heavy atom. The third-order valence-corrected chi connectivity index (χ3v) is 0.182. The zero-order chi connectivity index (χ0) is 4.99. The minimum Gasteiger partial charge on any atom is -0.625 e. The van der Waals surface area contributed by atoms with Gasteiger partial charge in [0.15, 0.2) is 0 Å². The smallest absolute Gasteiger partial charge is 0.393 e. The third kappa shape index (κ3) is 2.94. The van der Waals surface area contributed by atoms with Gasteiger partial charge in [-0.15, -0.1) is 0 Å². The van der Waals surface area contributed by atoms with Gasteiger partial charge in [0.1, 0.15) is 0 Å². The van der Waals surface area contributed by atoms with E-state index in [0.717, 1.165) is 5.16 Å². The van der Waals surface area contributed by atoms with Gasteiger partial charge in [0, 0.05) is 0 Å². The fraction of sp³-hybridized carbons (Fsp3) is 0. The third-order valence-electron chi connectivity index (χ3n) is 0.182. The molecule has 2 N–H and O–H groups in total. The van der Waals surface area contributed by atoms with Gasteiger partial charge >= 0.3 is 5.97 Å². The molecule has 0 aliphatic heterocycles. The van der Waals surface area contributed by atoms with Crippen LogP contribution in [-0.2, 0) is 4.79 Å². The Morgan fingerprint density at radius 1 is 2.00 bits per heavy atom. The number of aliphatic carboxylic acids is 1. The van der Waals surface area contributed by atoms with E-state index >= 15 is 0 Å². The lowest BCUT2D eigenvalue weighted by Gasteiger charge is -1.70. The highest BCUT2D eigenvalue weighted by molar-refractivity contribution is 6.19. The van der Waals surface area contributed by atoms with Crippen molar-refractivity contribution < 1.29 is 15.1 Å². The molecular weight excluding hydrogens is 86.0 g/mol. The van der Waals surface area contributed by atoms with Crippen molar-refractivity contribution in [2.75, 3.05) is 0 Å². The number of carbonyl (C=O) groups is 1. The molecule has 4 nitrogen and oxygen atoms in total. The largest absolute Gasteiger partial charge is 0.625 e. The van der Waals surface area contributed by atoms with Crippen molar-refractivity contribution in [1.82, 2.24) is 0 Å². The Bertz CT molecular complexity index is 76.9. The number of carboxylic acids is 1. The number of carboxylic acid groups (broad SMARTS) is 1. The van der Waals surface area contributed by atoms with E-state index in [1.165, 1.54) is 0 Å². The molecule has 0 aromatic carbocycles. The molecule has 0 heterocycles. The Balaban J connectivity index is 3.30. The highest BCUT2D eigenvalue weighted by atomic mass is 16.4. The van der Waals surface area contributed by atoms with Gasteiger partial charge in [0.2, 0.25) is 0 Å². The van der Waals surface area contributed by atoms with Gasteiger partial charge in [-0.05, 0) is 0 Å². The molecule has 0 aromatic heterocycles. The molecule has 6 heavy (non-hydrogen) atoms. The van der Waals surface area contributed by atoms with E-state index in [1.54, 1.807) is 0 Å². The normalized spacial score (nSPS) is 9.33. The van der Waals surface area contributed by atoms with E-state index in [0.29, 0.717) is 6.21 Å². The highest BCUT2D eigenvalue weighted by Crippen LogP contribution is 1.36. The molecule has 0 saturated carbocycles. The second kappa shape index (κ2) is 2.19. The lowest BCUT2D eigenvalue weighted by molar-refractivity contribution is -0.367. The topological polar surface area (TPSA) is 74.3 Å². The molecule has 4 heteroatoms. The zero-order valence-electron chi connectivity index (χ0n) is 2.84. The predicted octanol–water partition coefficient (Wildman–Crippen LogP) is -2.28. The lowest BCUT2D eigenvalue weighted by atomic mass is 10.8. The maximum atomic E-state index is 9.28. The summed E-state index contributed by atoms with van der Waals surface area (Å²) in [5.41, 5.74) is 0. The van der Waals surface area contributed by atoms with Crippen molar-refractivity contribution in [3.63, 3.8) is 0 Å². The number of rotatable bonds is 1. The first-order valence-electron chi connectivity index (χ1n) is 1.21. The maximum absolute atomic E-state index is 9.28. The van der Waals surface area contributed by atoms with Crippen LogP contribution in [0.25, 0.3) is 0 Å². The molecule has 0 spiro atoms. The Kier molecular flexibility index (Phi) is 1.81. The van der Waals surface area contributed by atoms with Crippen molar-refractivity contribution in [2.45, 2.75) is 0 Å². The summed E-state index contributed by atoms with van der Waals surface area (Å²) in [4.78, 5) is 9.28. The van der Waals surface area contributed by atoms with E-state index in [4.69, 9.17) is 10.3 Å². The van der Waals surface area contributed by atoms with E-state index in [9.17, 15) is 4.79 Å². The van der Waals surface area contributed by atoms with Crippen LogP contribution in [0, 0.1) is 5.21 Å². The van der Waals surface area contributed by atoms with Crippen LogP contribution >= 0.6 is 0 Å². The molecule has 0 atom stereocenters. The average molecular weight is 89.0 g/mol. The summed E-state index contributed by atoms with van der Waals surface area (Å²) in [6.07, 6.45) is 0.403. The summed E-state index contributed by atoms with van der Waals surface area (Å²) in [6, 6.07) is 0. The van der Waals surface area contributed by atoms with Gasteiger partial charge in [0.25, 0.3) is 6.21 Å². The quantitative estimate of drug-likeness (QED) is 0.216. The summed E-state index contributed by atoms with van der Waals surface area (Å²) in [6.45, 7) is 0. The van der Waals surface area contributed by atoms with Crippen LogP contribution in [0.15, 0.2) is 0 Å². The molecule has 0 unspecified atom stereocenters. The minimum absolute atomic E-state index is 0.403. The van der Waals surface area contributed by atoms with Crippen LogP contribution in [0.1, 0.15) is 0 Å². The van der Waals surface area contributed by atoms with Crippen LogP contribution < -0.4 is 5.16 Å². The summed E-state index contributed by atoms with van der Waals surface area (Å²) in [5.74, 6) is -1.26. The van der Waals surface area contributed by atoms with Crippen molar-refractivity contribution >= 4 is 12.2 Å². The van der Waals surface area contributed by atoms with Gasteiger partial charge in [-0.2, -0.15) is 0 Å². The van der Waals surface area contributed by atoms with Gasteiger partial charge in [0.05, 0.1) is 0 Å². The van der Waals surface area contributed by atoms with Gasteiger partial charge in [-0.1, -0.05) is 0 Å². The van der Waals surface area contributed by atoms with Crippen molar-refractivity contribution in [3.8, 4) is 0 Å². The monoisotopic (exact) mass is 89.0 g/mol. The number of hydrogen-bond donors (Lipinski definition) is 2. The van der Waals surface area contributed by atoms with Crippen molar-refractivity contribution in [3.05, 3.63) is 5.21 Å². The zero-order valence-corrected chi connectivity index (χ0v) is 2.84. The van der Waals surface area contributed by atoms with Crippen molar-refractivity contribution in [1.29, 1.82) is 0 Å². The Hall–Kier alpha value is -1.06. The van der Waals surface area contributed by atoms with E-state index < -0.39 is 5.97 Å². The molecule has 0 aliphatic carbocycles. The van der Waals surface area contributed by atoms with Crippen LogP contribution in [0.4, 0.5) is 0 Å². The highest BCUT2D eigenvalue weighted by Gasteiger charge is 1.85. The number of hydrogen-bond acceptors (Lipinski definition) is 2. The molecule has 0 bridgehead atoms. The molecule has 0 saturated heterocycles. The van der Waals surface area contributed by atoms with E-state index in [-0.39, 0.29) is 0 Å². The molecule has 0 aliphatic rings. The maximum Gasteiger partial charge on any atom is 0.393 e. The van der Waals surface area contributed by atoms with Crippen LogP contribution in [0.3, 0.4) is 0 Å². The Morgan fingerprint density at radius 3 is 2.50 bits per heavy atom. The first-order valence-corrected chi connectivity index (χ1v) is 1.21. The van der Waals surface area contributed by atoms with E-state index in [1.807, 2.05) is 0 Å². The molecule has 0 rings (SSSR count). The molecule has 0 radical (unpaired) electrons. The average Bonchev–Trinajstić information content (AvgIpc) is 1.35. The molecular formula is C2H3NO3. The summed E-state index contributed by atoms with van der Waals surface area (Å²) >= 11 is 0. The van der Waals surface area contributed by atoms with Crippen molar-refractivity contribution in [2.24, 2.45) is 0 Å². The first kappa shape index (κ1) is 4.94. The summed E-state index contributed by atoms with van der Waals surface area (Å²) in [5, 5.41) is 17.7. The second-order valence-corrected chi connectivity index (χ2v) is 0.600. The fourth-order valence-electron chi connectivity index (χ4n) is 0.0504. The van der Waals surface area contributed by atoms with Crippen LogP contribution in [0.5, 0.6) is 0 Å². The van der Waals surface area contributed by atoms with E-state index in [2.05, 4.69) is 0 Å². The first-order chi connectivity index (χ1) is 2.77. The van der Waals surface area contributed by atoms with Crippen LogP contribution in [-0.4, -0.2) is 17.3 Å². The molecule has 0 aromatic rings. The molecule has 0 amide bonds. The number of nitrogens with one attached hydrogen (secondary N) is 1. The second-order valence-electron chi connectivity index (χ2n) is 0.600. The van der Waals surface area contributed by atoms with Gasteiger partial charge in [-0.3, -0.25) is 0 Å². The molecule has 34 valence electrons. The SMILES string of the molecule is O=C(O)C=[NH+][O-]. The van der Waals surface area contributed by atoms with Gasteiger partial charge in [-0.25, -0.2) is 9.95 Å². The molecule has 0 fully saturated rings. The summed E-state index contributed by atoms with van der Waals surface area (Å²) < 4.78 is 0. The standard InChI is InChI=1S/C2H3NO3/c4-2(5)1-3-6/h1,3H,(H-,4,5,6).